The van der Waals surface area contributed by atoms with Gasteiger partial charge in [0.1, 0.15) is 5.75 Å². The maximum Gasteiger partial charge on any atom is 0.142 e. The molecular formula is C19H27NO. The van der Waals surface area contributed by atoms with E-state index in [0.717, 1.165) is 29.4 Å². The largest absolute Gasteiger partial charge is 0.489 e. The number of hydrogen-bond acceptors (Lipinski definition) is 2. The Hall–Kier alpha value is -1.18. The molecular weight excluding hydrogens is 258 g/mol. The van der Waals surface area contributed by atoms with Gasteiger partial charge in [0.2, 0.25) is 0 Å². The van der Waals surface area contributed by atoms with Gasteiger partial charge in [-0.25, -0.2) is 0 Å². The molecule has 0 saturated heterocycles. The molecule has 5 atom stereocenters. The van der Waals surface area contributed by atoms with Gasteiger partial charge in [0, 0.05) is 6.04 Å². The van der Waals surface area contributed by atoms with Crippen LogP contribution >= 0.6 is 0 Å². The van der Waals surface area contributed by atoms with E-state index in [1.54, 1.807) is 0 Å². The van der Waals surface area contributed by atoms with Crippen molar-refractivity contribution < 1.29 is 4.74 Å². The van der Waals surface area contributed by atoms with Crippen molar-refractivity contribution in [3.05, 3.63) is 24.3 Å². The molecule has 0 radical (unpaired) electrons. The molecule has 2 heteroatoms. The Bertz CT molecular complexity index is 512. The Labute approximate surface area is 128 Å². The van der Waals surface area contributed by atoms with Crippen LogP contribution in [0.1, 0.15) is 46.0 Å². The predicted octanol–water partition coefficient (Wildman–Crippen LogP) is 4.71. The molecule has 2 nitrogen and oxygen atoms in total. The van der Waals surface area contributed by atoms with E-state index < -0.39 is 0 Å². The maximum atomic E-state index is 5.96. The van der Waals surface area contributed by atoms with Crippen LogP contribution in [0.25, 0.3) is 0 Å². The minimum Gasteiger partial charge on any atom is -0.489 e. The van der Waals surface area contributed by atoms with Crippen LogP contribution in [0, 0.1) is 23.7 Å². The molecule has 21 heavy (non-hydrogen) atoms. The predicted molar refractivity (Wildman–Crippen MR) is 86.7 cm³/mol. The average Bonchev–Trinajstić information content (AvgIpc) is 3.12. The third kappa shape index (κ3) is 2.33. The van der Waals surface area contributed by atoms with Crippen molar-refractivity contribution in [2.45, 2.75) is 58.1 Å². The standard InChI is InChI=1S/C19H27NO/c1-12(2)21-19-9-4-3-8-17(19)20-18-11-13-10-16(18)15-7-5-6-14(13)15/h3-4,8-9,12-16,18,20H,5-7,10-11H2,1-2H3. The van der Waals surface area contributed by atoms with Crippen LogP contribution in [0.4, 0.5) is 5.69 Å². The van der Waals surface area contributed by atoms with Gasteiger partial charge in [0.15, 0.2) is 0 Å². The molecule has 114 valence electrons. The van der Waals surface area contributed by atoms with E-state index in [0.29, 0.717) is 6.04 Å². The molecule has 0 heterocycles. The summed E-state index contributed by atoms with van der Waals surface area (Å²) in [6.07, 6.45) is 7.54. The first kappa shape index (κ1) is 13.5. The number of para-hydroxylation sites is 2. The lowest BCUT2D eigenvalue weighted by molar-refractivity contribution is 0.236. The Morgan fingerprint density at radius 1 is 1.05 bits per heavy atom. The smallest absolute Gasteiger partial charge is 0.142 e. The molecule has 2 bridgehead atoms. The van der Waals surface area contributed by atoms with E-state index in [1.165, 1.54) is 37.8 Å². The second-order valence-corrected chi connectivity index (χ2v) is 7.57. The van der Waals surface area contributed by atoms with E-state index in [-0.39, 0.29) is 6.10 Å². The highest BCUT2D eigenvalue weighted by Crippen LogP contribution is 2.59. The summed E-state index contributed by atoms with van der Waals surface area (Å²) in [7, 11) is 0. The lowest BCUT2D eigenvalue weighted by Gasteiger charge is -2.33. The minimum absolute atomic E-state index is 0.229. The van der Waals surface area contributed by atoms with E-state index >= 15 is 0 Å². The number of hydrogen-bond donors (Lipinski definition) is 1. The van der Waals surface area contributed by atoms with Crippen LogP contribution in [-0.4, -0.2) is 12.1 Å². The van der Waals surface area contributed by atoms with Crippen molar-refractivity contribution in [2.75, 3.05) is 5.32 Å². The lowest BCUT2D eigenvalue weighted by Crippen LogP contribution is -2.34. The zero-order valence-corrected chi connectivity index (χ0v) is 13.2. The zero-order valence-electron chi connectivity index (χ0n) is 13.2. The first-order valence-electron chi connectivity index (χ1n) is 8.74. The van der Waals surface area contributed by atoms with E-state index in [1.807, 2.05) is 0 Å². The number of benzene rings is 1. The summed E-state index contributed by atoms with van der Waals surface area (Å²) in [4.78, 5) is 0. The quantitative estimate of drug-likeness (QED) is 0.865. The topological polar surface area (TPSA) is 21.3 Å². The van der Waals surface area contributed by atoms with Crippen molar-refractivity contribution in [3.8, 4) is 5.75 Å². The molecule has 3 fully saturated rings. The van der Waals surface area contributed by atoms with Crippen LogP contribution in [-0.2, 0) is 0 Å². The van der Waals surface area contributed by atoms with Gasteiger partial charge in [0.25, 0.3) is 0 Å². The fourth-order valence-electron chi connectivity index (χ4n) is 5.38. The SMILES string of the molecule is CC(C)Oc1ccccc1NC1CC2CC1C1CCCC21. The highest BCUT2D eigenvalue weighted by molar-refractivity contribution is 5.57. The van der Waals surface area contributed by atoms with Crippen LogP contribution in [0.15, 0.2) is 24.3 Å². The summed E-state index contributed by atoms with van der Waals surface area (Å²) in [5.74, 6) is 5.00. The third-order valence-corrected chi connectivity index (χ3v) is 6.02. The number of ether oxygens (including phenoxy) is 1. The van der Waals surface area contributed by atoms with Gasteiger partial charge in [-0.15, -0.1) is 0 Å². The molecule has 4 rings (SSSR count). The molecule has 3 aliphatic carbocycles. The van der Waals surface area contributed by atoms with Gasteiger partial charge in [-0.05, 0) is 75.3 Å². The Balaban J connectivity index is 1.50. The van der Waals surface area contributed by atoms with Crippen LogP contribution < -0.4 is 10.1 Å². The Morgan fingerprint density at radius 2 is 1.86 bits per heavy atom. The van der Waals surface area contributed by atoms with Gasteiger partial charge >= 0.3 is 0 Å². The molecule has 1 N–H and O–H groups in total. The fourth-order valence-corrected chi connectivity index (χ4v) is 5.38. The van der Waals surface area contributed by atoms with Crippen LogP contribution in [0.5, 0.6) is 5.75 Å². The summed E-state index contributed by atoms with van der Waals surface area (Å²) >= 11 is 0. The molecule has 0 aromatic heterocycles. The molecule has 0 aliphatic heterocycles. The lowest BCUT2D eigenvalue weighted by atomic mass is 9.79. The number of anilines is 1. The molecule has 3 saturated carbocycles. The minimum atomic E-state index is 0.229. The number of rotatable bonds is 4. The highest BCUT2D eigenvalue weighted by Gasteiger charge is 2.53. The second-order valence-electron chi connectivity index (χ2n) is 7.57. The zero-order chi connectivity index (χ0) is 14.4. The van der Waals surface area contributed by atoms with Gasteiger partial charge in [0.05, 0.1) is 11.8 Å². The third-order valence-electron chi connectivity index (χ3n) is 6.02. The van der Waals surface area contributed by atoms with Crippen molar-refractivity contribution in [1.29, 1.82) is 0 Å². The first-order valence-corrected chi connectivity index (χ1v) is 8.74. The fraction of sp³-hybridized carbons (Fsp3) is 0.684. The van der Waals surface area contributed by atoms with Crippen molar-refractivity contribution in [3.63, 3.8) is 0 Å². The summed E-state index contributed by atoms with van der Waals surface area (Å²) in [6, 6.07) is 9.12. The summed E-state index contributed by atoms with van der Waals surface area (Å²) in [5.41, 5.74) is 1.19. The van der Waals surface area contributed by atoms with Gasteiger partial charge in [-0.1, -0.05) is 18.6 Å². The van der Waals surface area contributed by atoms with E-state index in [9.17, 15) is 0 Å². The molecule has 1 aromatic rings. The normalized spacial score (nSPS) is 37.0. The molecule has 5 unspecified atom stereocenters. The summed E-state index contributed by atoms with van der Waals surface area (Å²) < 4.78 is 5.96. The molecule has 0 amide bonds. The average molecular weight is 285 g/mol. The van der Waals surface area contributed by atoms with E-state index in [4.69, 9.17) is 4.74 Å². The van der Waals surface area contributed by atoms with Gasteiger partial charge in [-0.2, -0.15) is 0 Å². The summed E-state index contributed by atoms with van der Waals surface area (Å²) in [5, 5.41) is 3.83. The molecule has 0 spiro atoms. The Morgan fingerprint density at radius 3 is 2.71 bits per heavy atom. The highest BCUT2D eigenvalue weighted by atomic mass is 16.5. The molecule has 3 aliphatic rings. The monoisotopic (exact) mass is 285 g/mol. The molecule has 1 aromatic carbocycles. The van der Waals surface area contributed by atoms with Crippen molar-refractivity contribution in [1.82, 2.24) is 0 Å². The van der Waals surface area contributed by atoms with Gasteiger partial charge < -0.3 is 10.1 Å². The Kier molecular flexibility index (Phi) is 3.35. The van der Waals surface area contributed by atoms with Crippen LogP contribution in [0.3, 0.4) is 0 Å². The van der Waals surface area contributed by atoms with Crippen molar-refractivity contribution >= 4 is 5.69 Å². The van der Waals surface area contributed by atoms with E-state index in [2.05, 4.69) is 43.4 Å². The van der Waals surface area contributed by atoms with Crippen LogP contribution in [0.2, 0.25) is 0 Å². The first-order chi connectivity index (χ1) is 10.2. The number of nitrogens with one attached hydrogen (secondary N) is 1. The maximum absolute atomic E-state index is 5.96. The second kappa shape index (κ2) is 5.23. The van der Waals surface area contributed by atoms with Crippen molar-refractivity contribution in [2.24, 2.45) is 23.7 Å². The van der Waals surface area contributed by atoms with Gasteiger partial charge in [-0.3, -0.25) is 0 Å². The summed E-state index contributed by atoms with van der Waals surface area (Å²) in [6.45, 7) is 4.19. The number of fused-ring (bicyclic) bond motifs is 5.